The third-order valence-corrected chi connectivity index (χ3v) is 4.65. The molecule has 1 N–H and O–H groups in total. The highest BCUT2D eigenvalue weighted by atomic mass is 32.3. The van der Waals surface area contributed by atoms with Gasteiger partial charge in [-0.1, -0.05) is 85.0 Å². The molecule has 21 heavy (non-hydrogen) atoms. The molecule has 128 valence electrons. The lowest BCUT2D eigenvalue weighted by molar-refractivity contribution is 0.191. The van der Waals surface area contributed by atoms with E-state index in [1.54, 1.807) is 0 Å². The lowest BCUT2D eigenvalue weighted by Crippen LogP contribution is -2.17. The fraction of sp³-hybridized carbons (Fsp3) is 1.00. The zero-order valence-corrected chi connectivity index (χ0v) is 14.8. The summed E-state index contributed by atoms with van der Waals surface area (Å²) in [5.41, 5.74) is 0. The molecule has 0 aromatic carbocycles. The van der Waals surface area contributed by atoms with Gasteiger partial charge >= 0.3 is 10.4 Å². The molecule has 0 spiro atoms. The molecule has 2 atom stereocenters. The molecule has 0 rings (SSSR count). The van der Waals surface area contributed by atoms with Gasteiger partial charge in [0.25, 0.3) is 0 Å². The molecule has 0 radical (unpaired) electrons. The van der Waals surface area contributed by atoms with Crippen LogP contribution in [0.4, 0.5) is 0 Å². The Kier molecular flexibility index (Phi) is 12.3. The Morgan fingerprint density at radius 3 is 1.81 bits per heavy atom. The molecule has 0 saturated carbocycles. The smallest absolute Gasteiger partial charge is 0.264 e. The van der Waals surface area contributed by atoms with E-state index in [9.17, 15) is 8.42 Å². The fourth-order valence-corrected chi connectivity index (χ4v) is 2.81. The zero-order chi connectivity index (χ0) is 16.1. The molecule has 0 amide bonds. The number of hydrogen-bond acceptors (Lipinski definition) is 3. The highest BCUT2D eigenvalue weighted by Gasteiger charge is 2.15. The van der Waals surface area contributed by atoms with Gasteiger partial charge in [-0.3, -0.25) is 4.55 Å². The summed E-state index contributed by atoms with van der Waals surface area (Å²) in [5.74, 6) is 0.553. The third-order valence-electron chi connectivity index (χ3n) is 4.21. The summed E-state index contributed by atoms with van der Waals surface area (Å²) in [7, 11) is -4.29. The minimum Gasteiger partial charge on any atom is -0.264 e. The Morgan fingerprint density at radius 2 is 1.33 bits per heavy atom. The van der Waals surface area contributed by atoms with Crippen molar-refractivity contribution in [1.82, 2.24) is 0 Å². The van der Waals surface area contributed by atoms with E-state index in [0.717, 1.165) is 6.42 Å². The number of hydrogen-bond donors (Lipinski definition) is 1. The molecule has 2 unspecified atom stereocenters. The Hall–Kier alpha value is -0.130. The summed E-state index contributed by atoms with van der Waals surface area (Å²) in [6, 6.07) is 0. The molecule has 0 aliphatic carbocycles. The van der Waals surface area contributed by atoms with Gasteiger partial charge in [-0.2, -0.15) is 8.42 Å². The Labute approximate surface area is 131 Å². The second kappa shape index (κ2) is 12.4. The maximum Gasteiger partial charge on any atom is 0.397 e. The second-order valence-corrected chi connectivity index (χ2v) is 7.38. The largest absolute Gasteiger partial charge is 0.397 e. The lowest BCUT2D eigenvalue weighted by atomic mass is 9.91. The summed E-state index contributed by atoms with van der Waals surface area (Å²) in [5, 5.41) is 0. The summed E-state index contributed by atoms with van der Waals surface area (Å²) >= 11 is 0. The number of unbranched alkanes of at least 4 members (excludes halogenated alkanes) is 8. The highest BCUT2D eigenvalue weighted by molar-refractivity contribution is 7.80. The van der Waals surface area contributed by atoms with E-state index in [-0.39, 0.29) is 12.5 Å². The van der Waals surface area contributed by atoms with Gasteiger partial charge in [-0.25, -0.2) is 4.18 Å². The van der Waals surface area contributed by atoms with Crippen molar-refractivity contribution in [3.63, 3.8) is 0 Å². The molecule has 0 bridgehead atoms. The van der Waals surface area contributed by atoms with Crippen molar-refractivity contribution >= 4 is 10.4 Å². The first kappa shape index (κ1) is 20.9. The van der Waals surface area contributed by atoms with Crippen LogP contribution in [0, 0.1) is 11.8 Å². The first-order chi connectivity index (χ1) is 9.87. The zero-order valence-electron chi connectivity index (χ0n) is 14.0. The minimum atomic E-state index is -4.29. The van der Waals surface area contributed by atoms with Crippen LogP contribution in [0.2, 0.25) is 0 Å². The standard InChI is InChI=1S/C16H34O4S/c1-4-5-6-7-8-9-10-11-12-13-15(2)16(3)14-20-21(17,18)19/h15-16H,4-14H2,1-3H3,(H,17,18,19). The van der Waals surface area contributed by atoms with Crippen LogP contribution < -0.4 is 0 Å². The van der Waals surface area contributed by atoms with Gasteiger partial charge in [0, 0.05) is 0 Å². The molecular weight excluding hydrogens is 288 g/mol. The van der Waals surface area contributed by atoms with Crippen molar-refractivity contribution in [2.45, 2.75) is 85.0 Å². The predicted octanol–water partition coefficient (Wildman–Crippen LogP) is 5.00. The van der Waals surface area contributed by atoms with Crippen LogP contribution in [0.1, 0.15) is 85.0 Å². The van der Waals surface area contributed by atoms with Crippen LogP contribution >= 0.6 is 0 Å². The van der Waals surface area contributed by atoms with E-state index in [1.807, 2.05) is 6.92 Å². The third kappa shape index (κ3) is 14.6. The average molecular weight is 323 g/mol. The maximum atomic E-state index is 10.5. The molecule has 4 nitrogen and oxygen atoms in total. The second-order valence-electron chi connectivity index (χ2n) is 6.28. The first-order valence-corrected chi connectivity index (χ1v) is 9.85. The highest BCUT2D eigenvalue weighted by Crippen LogP contribution is 2.20. The summed E-state index contributed by atoms with van der Waals surface area (Å²) in [6.45, 7) is 6.38. The van der Waals surface area contributed by atoms with Crippen LogP contribution in [0.3, 0.4) is 0 Å². The molecule has 0 aliphatic heterocycles. The van der Waals surface area contributed by atoms with Crippen LogP contribution in [0.15, 0.2) is 0 Å². The SMILES string of the molecule is CCCCCCCCCCCC(C)C(C)COS(=O)(=O)O. The topological polar surface area (TPSA) is 63.6 Å². The quantitative estimate of drug-likeness (QED) is 0.361. The van der Waals surface area contributed by atoms with Crippen molar-refractivity contribution in [3.05, 3.63) is 0 Å². The van der Waals surface area contributed by atoms with Gasteiger partial charge in [0.05, 0.1) is 6.61 Å². The summed E-state index contributed by atoms with van der Waals surface area (Å²) in [6.07, 6.45) is 12.9. The van der Waals surface area contributed by atoms with Crippen LogP contribution in [-0.2, 0) is 14.6 Å². The molecule has 0 heterocycles. The van der Waals surface area contributed by atoms with Crippen molar-refractivity contribution in [2.24, 2.45) is 11.8 Å². The Bertz CT molecular complexity index is 327. The van der Waals surface area contributed by atoms with Crippen LogP contribution in [0.5, 0.6) is 0 Å². The Morgan fingerprint density at radius 1 is 0.857 bits per heavy atom. The van der Waals surface area contributed by atoms with Gasteiger partial charge in [0.1, 0.15) is 0 Å². The van der Waals surface area contributed by atoms with Crippen LogP contribution in [-0.4, -0.2) is 19.6 Å². The van der Waals surface area contributed by atoms with Crippen molar-refractivity contribution in [3.8, 4) is 0 Å². The van der Waals surface area contributed by atoms with E-state index in [0.29, 0.717) is 5.92 Å². The predicted molar refractivity (Wildman–Crippen MR) is 87.7 cm³/mol. The van der Waals surface area contributed by atoms with E-state index >= 15 is 0 Å². The maximum absolute atomic E-state index is 10.5. The van der Waals surface area contributed by atoms with E-state index in [4.69, 9.17) is 4.55 Å². The molecule has 0 saturated heterocycles. The molecular formula is C16H34O4S. The molecule has 0 aromatic rings. The van der Waals surface area contributed by atoms with Gasteiger partial charge < -0.3 is 0 Å². The van der Waals surface area contributed by atoms with Gasteiger partial charge in [0.15, 0.2) is 0 Å². The fourth-order valence-electron chi connectivity index (χ4n) is 2.42. The monoisotopic (exact) mass is 322 g/mol. The summed E-state index contributed by atoms with van der Waals surface area (Å²) in [4.78, 5) is 0. The normalized spacial score (nSPS) is 15.0. The van der Waals surface area contributed by atoms with Gasteiger partial charge in [-0.05, 0) is 11.8 Å². The molecule has 0 aromatic heterocycles. The first-order valence-electron chi connectivity index (χ1n) is 8.48. The molecule has 0 aliphatic rings. The van der Waals surface area contributed by atoms with E-state index < -0.39 is 10.4 Å². The van der Waals surface area contributed by atoms with Gasteiger partial charge in [0.2, 0.25) is 0 Å². The van der Waals surface area contributed by atoms with Crippen molar-refractivity contribution in [1.29, 1.82) is 0 Å². The molecule has 0 fully saturated rings. The van der Waals surface area contributed by atoms with Crippen molar-refractivity contribution in [2.75, 3.05) is 6.61 Å². The van der Waals surface area contributed by atoms with Crippen molar-refractivity contribution < 1.29 is 17.2 Å². The minimum absolute atomic E-state index is 0.0669. The summed E-state index contributed by atoms with van der Waals surface area (Å²) < 4.78 is 34.0. The number of rotatable bonds is 14. The Balaban J connectivity index is 3.46. The van der Waals surface area contributed by atoms with Crippen LogP contribution in [0.25, 0.3) is 0 Å². The molecule has 5 heteroatoms. The van der Waals surface area contributed by atoms with Gasteiger partial charge in [-0.15, -0.1) is 0 Å². The van der Waals surface area contributed by atoms with E-state index in [2.05, 4.69) is 18.0 Å². The average Bonchev–Trinajstić information content (AvgIpc) is 2.41. The van der Waals surface area contributed by atoms with E-state index in [1.165, 1.54) is 57.8 Å². The lowest BCUT2D eigenvalue weighted by Gasteiger charge is -2.18.